The zero-order valence-corrected chi connectivity index (χ0v) is 35.6. The Labute approximate surface area is 375 Å². The second-order valence-electron chi connectivity index (χ2n) is 11.3. The predicted molar refractivity (Wildman–Crippen MR) is 185 cm³/mol. The van der Waals surface area contributed by atoms with Crippen molar-refractivity contribution >= 4 is 11.9 Å². The normalized spacial score (nSPS) is 10.1. The summed E-state index contributed by atoms with van der Waals surface area (Å²) in [6.07, 6.45) is 8.79. The number of hydrogen-bond donors (Lipinski definition) is 2. The molecule has 0 aliphatic rings. The fraction of sp³-hybridized carbons (Fsp3) is 0.158. The number of carboxylic acid groups (broad SMARTS) is 2. The van der Waals surface area contributed by atoms with Crippen molar-refractivity contribution in [3.63, 3.8) is 0 Å². The van der Waals surface area contributed by atoms with Crippen LogP contribution in [0.15, 0.2) is 134 Å². The number of carboxylic acids is 2. The summed E-state index contributed by atoms with van der Waals surface area (Å²) < 4.78 is 67.9. The fourth-order valence-corrected chi connectivity index (χ4v) is 4.95. The molecule has 6 aromatic heterocycles. The minimum Gasteiger partial charge on any atom is -0.481 e. The molecule has 0 aliphatic carbocycles. The van der Waals surface area contributed by atoms with Crippen LogP contribution in [0.2, 0.25) is 0 Å². The molecule has 0 spiro atoms. The van der Waals surface area contributed by atoms with Crippen molar-refractivity contribution in [2.45, 2.75) is 38.5 Å². The summed E-state index contributed by atoms with van der Waals surface area (Å²) in [4.78, 5) is 46.7. The first kappa shape index (κ1) is 58.2. The van der Waals surface area contributed by atoms with E-state index in [1.54, 1.807) is 0 Å². The fourth-order valence-electron chi connectivity index (χ4n) is 4.95. The summed E-state index contributed by atoms with van der Waals surface area (Å²) in [6, 6.07) is 36.2. The van der Waals surface area contributed by atoms with Gasteiger partial charge in [-0.15, -0.1) is 20.5 Å². The van der Waals surface area contributed by atoms with Crippen molar-refractivity contribution in [1.82, 2.24) is 29.9 Å². The largest absolute Gasteiger partial charge is 0.481 e. The quantitative estimate of drug-likeness (QED) is 0.131. The summed E-state index contributed by atoms with van der Waals surface area (Å²) in [5, 5.41) is 14.8. The summed E-state index contributed by atoms with van der Waals surface area (Å²) in [6.45, 7) is 2.17. The van der Waals surface area contributed by atoms with Crippen LogP contribution in [-0.4, -0.2) is 57.5 Å². The zero-order chi connectivity index (χ0) is 43.1. The van der Waals surface area contributed by atoms with E-state index < -0.39 is 32.4 Å². The molecule has 0 amide bonds. The number of hydrogen-bond acceptors (Lipinski definition) is 16. The number of aromatic nitrogens is 6. The van der Waals surface area contributed by atoms with Gasteiger partial charge in [-0.05, 0) is 85.6 Å². The molecule has 0 atom stereocenters. The molecule has 0 unspecified atom stereocenters. The Balaban J connectivity index is 0. The molecule has 0 saturated heterocycles. The molecule has 0 fully saturated rings. The summed E-state index contributed by atoms with van der Waals surface area (Å²) in [5.74, 6) is -1.94. The van der Waals surface area contributed by atoms with E-state index >= 15 is 0 Å². The van der Waals surface area contributed by atoms with Crippen molar-refractivity contribution in [3.8, 4) is 0 Å². The molecule has 0 saturated carbocycles. The van der Waals surface area contributed by atoms with E-state index in [0.29, 0.717) is 0 Å². The maximum atomic E-state index is 9.00. The molecule has 0 aliphatic heterocycles. The van der Waals surface area contributed by atoms with E-state index in [1.807, 2.05) is 97.6 Å². The van der Waals surface area contributed by atoms with Crippen LogP contribution in [0, 0.1) is 20.5 Å². The van der Waals surface area contributed by atoms with Crippen molar-refractivity contribution in [2.75, 3.05) is 0 Å². The molecule has 6 rings (SSSR count). The number of nitrogens with zero attached hydrogens (tertiary/aromatic N) is 6. The van der Waals surface area contributed by atoms with Gasteiger partial charge in [0.25, 0.3) is 11.9 Å². The van der Waals surface area contributed by atoms with E-state index in [2.05, 4.69) is 56.3 Å². The van der Waals surface area contributed by atoms with Gasteiger partial charge in [0.1, 0.15) is 0 Å². The van der Waals surface area contributed by atoms with Crippen molar-refractivity contribution in [1.29, 1.82) is 0 Å². The molecule has 19 nitrogen and oxygen atoms in total. The van der Waals surface area contributed by atoms with Crippen molar-refractivity contribution in [2.24, 2.45) is 0 Å². The van der Waals surface area contributed by atoms with Gasteiger partial charge < -0.3 is 15.7 Å². The molecular weight excluding hydrogens is 931 g/mol. The molecule has 6 aromatic rings. The molecular formula is C38H38Cl2Fe2N6O13-2. The van der Waals surface area contributed by atoms with E-state index in [4.69, 9.17) is 67.0 Å². The minimum absolute atomic E-state index is 0. The monoisotopic (exact) mass is 968 g/mol. The third kappa shape index (κ3) is 26.8. The van der Waals surface area contributed by atoms with Gasteiger partial charge in [-0.25, -0.2) is 37.3 Å². The molecule has 61 heavy (non-hydrogen) atoms. The number of halogens is 2. The number of rotatable bonds is 9. The van der Waals surface area contributed by atoms with E-state index in [9.17, 15) is 0 Å². The van der Waals surface area contributed by atoms with Crippen molar-refractivity contribution < 1.29 is 117 Å². The average molecular weight is 969 g/mol. The standard InChI is InChI=1S/C34H28N6.2C2H4O2.2ClHO4.2Fe.H2O/c1-5-21-35-27(13-1)33(28-14-2-6-22-36-28)31-17-9-11-25(39-31)19-20-26-12-10-18-32(40-26)34(29-15-3-7-23-37-29)30-16-4-8-24-38-30;2*1-2(3)4;2*2-1(3,4)5;;;/h1-18,21-24,33-34H,19-20H2;2*1H3,(H,3,4);2*(H,2,3,4,5);;;1H2/p-2. The Kier molecular flexibility index (Phi) is 28.8. The molecule has 330 valence electrons. The van der Waals surface area contributed by atoms with Gasteiger partial charge in [-0.3, -0.25) is 39.5 Å². The van der Waals surface area contributed by atoms with Crippen molar-refractivity contribution in [3.05, 3.63) is 180 Å². The minimum atomic E-state index is -4.94. The summed E-state index contributed by atoms with van der Waals surface area (Å²) in [7, 11) is -9.89. The van der Waals surface area contributed by atoms with Crippen LogP contribution in [0.3, 0.4) is 0 Å². The van der Waals surface area contributed by atoms with Crippen LogP contribution in [0.1, 0.15) is 71.2 Å². The van der Waals surface area contributed by atoms with Crippen LogP contribution in [0.5, 0.6) is 0 Å². The number of aryl methyl sites for hydroxylation is 2. The summed E-state index contributed by atoms with van der Waals surface area (Å²) >= 11 is 0. The second-order valence-corrected chi connectivity index (χ2v) is 12.8. The third-order valence-corrected chi connectivity index (χ3v) is 6.82. The molecule has 23 heteroatoms. The van der Waals surface area contributed by atoms with Gasteiger partial charge in [0.2, 0.25) is 0 Å². The molecule has 4 N–H and O–H groups in total. The summed E-state index contributed by atoms with van der Waals surface area (Å²) in [5.41, 5.74) is 7.58. The van der Waals surface area contributed by atoms with Gasteiger partial charge in [0.15, 0.2) is 0 Å². The van der Waals surface area contributed by atoms with Gasteiger partial charge in [-0.2, -0.15) is 0 Å². The van der Waals surface area contributed by atoms with Gasteiger partial charge in [0, 0.05) is 84.2 Å². The molecule has 6 heterocycles. The average Bonchev–Trinajstić information content (AvgIpc) is 3.15. The molecule has 0 radical (unpaired) electrons. The van der Waals surface area contributed by atoms with Gasteiger partial charge >= 0.3 is 0 Å². The SMILES string of the molecule is CC(=O)O.CC(=O)O.O.[Fe].[Fe].[O-][Cl+3]([O-])([O-])[O-].[O-][Cl+3]([O-])([O-])[O-].c1ccc(C(c2ccccn2)c2cccc(CCc3cccc(C(c4ccccn4)c4ccccn4)n3)n2)nc1. The van der Waals surface area contributed by atoms with Crippen LogP contribution in [-0.2, 0) is 56.6 Å². The number of carbonyl (C=O) groups is 2. The maximum absolute atomic E-state index is 9.00. The molecule has 0 aromatic carbocycles. The van der Waals surface area contributed by atoms with E-state index in [0.717, 1.165) is 72.2 Å². The Hall–Kier alpha value is -4.90. The maximum Gasteiger partial charge on any atom is 0.300 e. The number of pyridine rings is 6. The van der Waals surface area contributed by atoms with Gasteiger partial charge in [-0.1, -0.05) is 36.4 Å². The predicted octanol–water partition coefficient (Wildman–Crippen LogP) is -3.96. The zero-order valence-electron chi connectivity index (χ0n) is 31.9. The van der Waals surface area contributed by atoms with E-state index in [1.165, 1.54) is 0 Å². The first-order valence-corrected chi connectivity index (χ1v) is 19.0. The first-order chi connectivity index (χ1) is 27.3. The second kappa shape index (κ2) is 30.2. The Bertz CT molecular complexity index is 1850. The van der Waals surface area contributed by atoms with Crippen LogP contribution < -0.4 is 37.3 Å². The van der Waals surface area contributed by atoms with E-state index in [-0.39, 0.29) is 51.4 Å². The number of aliphatic carboxylic acids is 2. The first-order valence-electron chi connectivity index (χ1n) is 16.5. The third-order valence-electron chi connectivity index (χ3n) is 6.82. The van der Waals surface area contributed by atoms with Gasteiger partial charge in [0.05, 0.1) is 46.0 Å². The van der Waals surface area contributed by atoms with Crippen LogP contribution >= 0.6 is 0 Å². The Morgan fingerprint density at radius 1 is 0.459 bits per heavy atom. The Morgan fingerprint density at radius 3 is 0.869 bits per heavy atom. The topological polar surface area (TPSA) is 368 Å². The van der Waals surface area contributed by atoms with Crippen LogP contribution in [0.25, 0.3) is 0 Å². The Morgan fingerprint density at radius 2 is 0.672 bits per heavy atom. The van der Waals surface area contributed by atoms with Crippen LogP contribution in [0.4, 0.5) is 0 Å². The molecule has 0 bridgehead atoms. The smallest absolute Gasteiger partial charge is 0.300 e.